The fourth-order valence-electron chi connectivity index (χ4n) is 2.75. The first kappa shape index (κ1) is 10.8. The van der Waals surface area contributed by atoms with E-state index >= 15 is 0 Å². The van der Waals surface area contributed by atoms with Gasteiger partial charge in [-0.25, -0.2) is 0 Å². The quantitative estimate of drug-likeness (QED) is 0.720. The second kappa shape index (κ2) is 4.86. The molecule has 3 unspecified atom stereocenters. The van der Waals surface area contributed by atoms with Crippen LogP contribution in [0.5, 0.6) is 0 Å². The van der Waals surface area contributed by atoms with Gasteiger partial charge in [-0.1, -0.05) is 0 Å². The SMILES string of the molecule is CC1CC(N)CCN1C1CCCSC1. The molecule has 0 amide bonds. The fraction of sp³-hybridized carbons (Fsp3) is 1.00. The maximum atomic E-state index is 5.99. The van der Waals surface area contributed by atoms with Crippen molar-refractivity contribution >= 4 is 11.8 Å². The Morgan fingerprint density at radius 2 is 2.21 bits per heavy atom. The maximum Gasteiger partial charge on any atom is 0.0189 e. The van der Waals surface area contributed by atoms with Crippen LogP contribution >= 0.6 is 11.8 Å². The van der Waals surface area contributed by atoms with Gasteiger partial charge in [0.05, 0.1) is 0 Å². The van der Waals surface area contributed by atoms with Crippen molar-refractivity contribution in [3.63, 3.8) is 0 Å². The van der Waals surface area contributed by atoms with Gasteiger partial charge in [-0.3, -0.25) is 4.90 Å². The minimum Gasteiger partial charge on any atom is -0.328 e. The van der Waals surface area contributed by atoms with Crippen molar-refractivity contribution in [2.24, 2.45) is 5.73 Å². The number of likely N-dealkylation sites (tertiary alicyclic amines) is 1. The van der Waals surface area contributed by atoms with E-state index in [0.717, 1.165) is 6.04 Å². The summed E-state index contributed by atoms with van der Waals surface area (Å²) in [6.07, 6.45) is 5.21. The van der Waals surface area contributed by atoms with Gasteiger partial charge >= 0.3 is 0 Å². The molecule has 0 aromatic rings. The van der Waals surface area contributed by atoms with Crippen molar-refractivity contribution in [2.45, 2.75) is 50.7 Å². The highest BCUT2D eigenvalue weighted by molar-refractivity contribution is 7.99. The van der Waals surface area contributed by atoms with Crippen molar-refractivity contribution in [1.82, 2.24) is 4.90 Å². The molecule has 0 spiro atoms. The molecule has 0 bridgehead atoms. The number of piperidine rings is 1. The largest absolute Gasteiger partial charge is 0.328 e. The summed E-state index contributed by atoms with van der Waals surface area (Å²) in [5.74, 6) is 2.72. The van der Waals surface area contributed by atoms with E-state index in [1.807, 2.05) is 0 Å². The third-order valence-corrected chi connectivity index (χ3v) is 4.77. The Kier molecular flexibility index (Phi) is 3.74. The lowest BCUT2D eigenvalue weighted by atomic mass is 9.96. The molecule has 2 nitrogen and oxygen atoms in total. The number of hydrogen-bond donors (Lipinski definition) is 1. The zero-order chi connectivity index (χ0) is 9.97. The second-order valence-electron chi connectivity index (χ2n) is 4.74. The van der Waals surface area contributed by atoms with Crippen LogP contribution in [0.4, 0.5) is 0 Å². The van der Waals surface area contributed by atoms with Crippen molar-refractivity contribution in [3.05, 3.63) is 0 Å². The van der Waals surface area contributed by atoms with Crippen LogP contribution in [-0.2, 0) is 0 Å². The van der Waals surface area contributed by atoms with Crippen LogP contribution in [-0.4, -0.2) is 41.1 Å². The van der Waals surface area contributed by atoms with Crippen LogP contribution in [0.1, 0.15) is 32.6 Å². The van der Waals surface area contributed by atoms with E-state index in [1.165, 1.54) is 43.7 Å². The summed E-state index contributed by atoms with van der Waals surface area (Å²) in [6, 6.07) is 2.01. The van der Waals surface area contributed by atoms with E-state index < -0.39 is 0 Å². The highest BCUT2D eigenvalue weighted by Crippen LogP contribution is 2.27. The average Bonchev–Trinajstić information content (AvgIpc) is 2.19. The molecule has 0 radical (unpaired) electrons. The van der Waals surface area contributed by atoms with E-state index in [2.05, 4.69) is 23.6 Å². The van der Waals surface area contributed by atoms with Gasteiger partial charge in [0.25, 0.3) is 0 Å². The first-order valence-electron chi connectivity index (χ1n) is 5.86. The van der Waals surface area contributed by atoms with Gasteiger partial charge in [0.15, 0.2) is 0 Å². The van der Waals surface area contributed by atoms with E-state index in [-0.39, 0.29) is 0 Å². The smallest absolute Gasteiger partial charge is 0.0189 e. The summed E-state index contributed by atoms with van der Waals surface area (Å²) in [5.41, 5.74) is 5.99. The molecule has 2 fully saturated rings. The highest BCUT2D eigenvalue weighted by Gasteiger charge is 2.29. The molecule has 3 heteroatoms. The Morgan fingerprint density at radius 1 is 1.36 bits per heavy atom. The highest BCUT2D eigenvalue weighted by atomic mass is 32.2. The van der Waals surface area contributed by atoms with E-state index in [1.54, 1.807) is 0 Å². The molecule has 2 aliphatic heterocycles. The Morgan fingerprint density at radius 3 is 2.86 bits per heavy atom. The van der Waals surface area contributed by atoms with Crippen LogP contribution in [0.3, 0.4) is 0 Å². The Bertz CT molecular complexity index is 180. The number of nitrogens with zero attached hydrogens (tertiary/aromatic N) is 1. The van der Waals surface area contributed by atoms with Gasteiger partial charge < -0.3 is 5.73 Å². The molecule has 0 aromatic heterocycles. The molecule has 2 heterocycles. The second-order valence-corrected chi connectivity index (χ2v) is 5.89. The minimum atomic E-state index is 0.456. The lowest BCUT2D eigenvalue weighted by Gasteiger charge is -2.42. The van der Waals surface area contributed by atoms with Crippen LogP contribution < -0.4 is 5.73 Å². The molecule has 0 aliphatic carbocycles. The summed E-state index contributed by atoms with van der Waals surface area (Å²) in [7, 11) is 0. The van der Waals surface area contributed by atoms with Crippen molar-refractivity contribution in [2.75, 3.05) is 18.1 Å². The fourth-order valence-corrected chi connectivity index (χ4v) is 3.92. The van der Waals surface area contributed by atoms with Gasteiger partial charge in [0, 0.05) is 30.4 Å². The van der Waals surface area contributed by atoms with Gasteiger partial charge in [0.1, 0.15) is 0 Å². The normalized spacial score (nSPS) is 41.1. The molecule has 2 aliphatic rings. The lowest BCUT2D eigenvalue weighted by Crippen LogP contribution is -2.51. The van der Waals surface area contributed by atoms with Gasteiger partial charge in [-0.15, -0.1) is 0 Å². The Hall–Kier alpha value is 0.270. The monoisotopic (exact) mass is 214 g/mol. The molecule has 0 saturated carbocycles. The molecule has 3 atom stereocenters. The number of hydrogen-bond acceptors (Lipinski definition) is 3. The lowest BCUT2D eigenvalue weighted by molar-refractivity contribution is 0.100. The average molecular weight is 214 g/mol. The molecule has 0 aromatic carbocycles. The van der Waals surface area contributed by atoms with Crippen molar-refractivity contribution in [1.29, 1.82) is 0 Å². The number of rotatable bonds is 1. The van der Waals surface area contributed by atoms with Crippen molar-refractivity contribution < 1.29 is 0 Å². The minimum absolute atomic E-state index is 0.456. The summed E-state index contributed by atoms with van der Waals surface area (Å²) in [6.45, 7) is 3.58. The van der Waals surface area contributed by atoms with Crippen LogP contribution in [0.25, 0.3) is 0 Å². The predicted octanol–water partition coefficient (Wildman–Crippen LogP) is 1.69. The van der Waals surface area contributed by atoms with Gasteiger partial charge in [-0.05, 0) is 38.4 Å². The topological polar surface area (TPSA) is 29.3 Å². The van der Waals surface area contributed by atoms with Crippen LogP contribution in [0.15, 0.2) is 0 Å². The van der Waals surface area contributed by atoms with Gasteiger partial charge in [-0.2, -0.15) is 11.8 Å². The summed E-state index contributed by atoms with van der Waals surface area (Å²) >= 11 is 2.13. The molecular weight excluding hydrogens is 192 g/mol. The maximum absolute atomic E-state index is 5.99. The molecule has 2 N–H and O–H groups in total. The molecule has 2 saturated heterocycles. The Labute approximate surface area is 91.6 Å². The standard InChI is InChI=1S/C11H22N2S/c1-9-7-10(12)4-5-13(9)11-3-2-6-14-8-11/h9-11H,2-8,12H2,1H3. The Balaban J connectivity index is 1.89. The summed E-state index contributed by atoms with van der Waals surface area (Å²) < 4.78 is 0. The third-order valence-electron chi connectivity index (χ3n) is 3.57. The van der Waals surface area contributed by atoms with E-state index in [0.29, 0.717) is 12.1 Å². The van der Waals surface area contributed by atoms with Crippen LogP contribution in [0, 0.1) is 0 Å². The molecule has 2 rings (SSSR count). The number of nitrogens with two attached hydrogens (primary N) is 1. The molecule has 14 heavy (non-hydrogen) atoms. The van der Waals surface area contributed by atoms with E-state index in [4.69, 9.17) is 5.73 Å². The van der Waals surface area contributed by atoms with E-state index in [9.17, 15) is 0 Å². The van der Waals surface area contributed by atoms with Crippen molar-refractivity contribution in [3.8, 4) is 0 Å². The molecule has 82 valence electrons. The number of thioether (sulfide) groups is 1. The zero-order valence-electron chi connectivity index (χ0n) is 9.11. The summed E-state index contributed by atoms with van der Waals surface area (Å²) in [5, 5.41) is 0. The molecular formula is C11H22N2S. The first-order chi connectivity index (χ1) is 6.77. The third kappa shape index (κ3) is 2.44. The predicted molar refractivity (Wildman–Crippen MR) is 63.7 cm³/mol. The van der Waals surface area contributed by atoms with Gasteiger partial charge in [0.2, 0.25) is 0 Å². The summed E-state index contributed by atoms with van der Waals surface area (Å²) in [4.78, 5) is 2.70. The van der Waals surface area contributed by atoms with Crippen LogP contribution in [0.2, 0.25) is 0 Å². The zero-order valence-corrected chi connectivity index (χ0v) is 9.93. The first-order valence-corrected chi connectivity index (χ1v) is 7.02.